The summed E-state index contributed by atoms with van der Waals surface area (Å²) in [5.74, 6) is -0.476. The number of hydrogen-bond donors (Lipinski definition) is 1. The summed E-state index contributed by atoms with van der Waals surface area (Å²) >= 11 is 0. The second-order valence-electron chi connectivity index (χ2n) is 8.35. The molecule has 4 rings (SSSR count). The first-order valence-electron chi connectivity index (χ1n) is 11.0. The molecule has 2 aromatic carbocycles. The third-order valence-electron chi connectivity index (χ3n) is 6.11. The van der Waals surface area contributed by atoms with Gasteiger partial charge in [0.1, 0.15) is 11.5 Å². The average Bonchev–Trinajstić information content (AvgIpc) is 3.03. The molecule has 0 aliphatic carbocycles. The van der Waals surface area contributed by atoms with Gasteiger partial charge in [0.25, 0.3) is 11.8 Å². The van der Waals surface area contributed by atoms with Crippen molar-refractivity contribution in [3.8, 4) is 0 Å². The highest BCUT2D eigenvalue weighted by atomic mass is 19.1. The minimum atomic E-state index is -0.416. The minimum Gasteiger partial charge on any atom is -0.383 e. The second-order valence-corrected chi connectivity index (χ2v) is 8.35. The SMILES string of the molecule is COCCN1C(=O)C(Nc2ccc(N3CCC(C)CC3)cc2)=C(c2ccc(F)cc2)C1=O. The van der Waals surface area contributed by atoms with Crippen molar-refractivity contribution in [3.05, 3.63) is 65.6 Å². The van der Waals surface area contributed by atoms with Crippen molar-refractivity contribution in [2.75, 3.05) is 43.6 Å². The molecule has 0 bridgehead atoms. The van der Waals surface area contributed by atoms with Gasteiger partial charge in [0.05, 0.1) is 18.7 Å². The van der Waals surface area contributed by atoms with Crippen molar-refractivity contribution >= 4 is 28.8 Å². The number of benzene rings is 2. The summed E-state index contributed by atoms with van der Waals surface area (Å²) in [6, 6.07) is 13.5. The Bertz CT molecular complexity index is 1010. The molecule has 0 aromatic heterocycles. The Morgan fingerprint density at radius 3 is 2.28 bits per heavy atom. The number of piperidine rings is 1. The predicted molar refractivity (Wildman–Crippen MR) is 123 cm³/mol. The lowest BCUT2D eigenvalue weighted by Crippen LogP contribution is -2.35. The molecule has 1 saturated heterocycles. The summed E-state index contributed by atoms with van der Waals surface area (Å²) in [5, 5.41) is 3.14. The molecule has 6 nitrogen and oxygen atoms in total. The molecule has 1 fully saturated rings. The van der Waals surface area contributed by atoms with Gasteiger partial charge < -0.3 is 15.0 Å². The number of nitrogens with one attached hydrogen (secondary N) is 1. The molecule has 7 heteroatoms. The maximum atomic E-state index is 13.4. The number of hydrogen-bond acceptors (Lipinski definition) is 5. The number of nitrogens with zero attached hydrogens (tertiary/aromatic N) is 2. The fourth-order valence-corrected chi connectivity index (χ4v) is 4.13. The first kappa shape index (κ1) is 22.0. The van der Waals surface area contributed by atoms with E-state index in [9.17, 15) is 14.0 Å². The molecule has 168 valence electrons. The van der Waals surface area contributed by atoms with Crippen LogP contribution in [0, 0.1) is 11.7 Å². The zero-order valence-corrected chi connectivity index (χ0v) is 18.4. The van der Waals surface area contributed by atoms with Crippen LogP contribution in [-0.2, 0) is 14.3 Å². The predicted octanol–water partition coefficient (Wildman–Crippen LogP) is 3.90. The van der Waals surface area contributed by atoms with Gasteiger partial charge in [-0.2, -0.15) is 0 Å². The Labute approximate surface area is 187 Å². The van der Waals surface area contributed by atoms with Crippen LogP contribution < -0.4 is 10.2 Å². The van der Waals surface area contributed by atoms with E-state index in [2.05, 4.69) is 17.1 Å². The van der Waals surface area contributed by atoms with Crippen LogP contribution in [0.1, 0.15) is 25.3 Å². The number of ether oxygens (including phenoxy) is 1. The van der Waals surface area contributed by atoms with E-state index in [0.717, 1.165) is 29.6 Å². The van der Waals surface area contributed by atoms with Crippen molar-refractivity contribution in [2.45, 2.75) is 19.8 Å². The maximum Gasteiger partial charge on any atom is 0.278 e. The molecule has 0 atom stereocenters. The number of rotatable bonds is 7. The Kier molecular flexibility index (Phi) is 6.55. The lowest BCUT2D eigenvalue weighted by atomic mass is 9.99. The van der Waals surface area contributed by atoms with E-state index in [4.69, 9.17) is 4.74 Å². The molecule has 2 aromatic rings. The maximum absolute atomic E-state index is 13.4. The van der Waals surface area contributed by atoms with Crippen LogP contribution >= 0.6 is 0 Å². The molecule has 2 amide bonds. The molecule has 2 aliphatic heterocycles. The van der Waals surface area contributed by atoms with Gasteiger partial charge in [-0.1, -0.05) is 19.1 Å². The van der Waals surface area contributed by atoms with E-state index in [-0.39, 0.29) is 24.4 Å². The van der Waals surface area contributed by atoms with Gasteiger partial charge in [0, 0.05) is 31.6 Å². The monoisotopic (exact) mass is 437 g/mol. The summed E-state index contributed by atoms with van der Waals surface area (Å²) in [6.45, 7) is 4.75. The van der Waals surface area contributed by atoms with Crippen molar-refractivity contribution in [2.24, 2.45) is 5.92 Å². The number of methoxy groups -OCH3 is 1. The van der Waals surface area contributed by atoms with Gasteiger partial charge in [-0.3, -0.25) is 14.5 Å². The summed E-state index contributed by atoms with van der Waals surface area (Å²) in [4.78, 5) is 29.6. The third kappa shape index (κ3) is 4.53. The Balaban J connectivity index is 1.60. The molecule has 32 heavy (non-hydrogen) atoms. The number of halogens is 1. The van der Waals surface area contributed by atoms with Crippen LogP contribution in [0.15, 0.2) is 54.2 Å². The van der Waals surface area contributed by atoms with Gasteiger partial charge in [0.2, 0.25) is 0 Å². The molecule has 1 N–H and O–H groups in total. The summed E-state index contributed by atoms with van der Waals surface area (Å²) in [6.07, 6.45) is 2.36. The number of amides is 2. The molecule has 0 radical (unpaired) electrons. The van der Waals surface area contributed by atoms with E-state index in [1.54, 1.807) is 0 Å². The molecule has 0 saturated carbocycles. The summed E-state index contributed by atoms with van der Waals surface area (Å²) < 4.78 is 18.5. The van der Waals surface area contributed by atoms with Gasteiger partial charge in [-0.15, -0.1) is 0 Å². The summed E-state index contributed by atoms with van der Waals surface area (Å²) in [7, 11) is 1.52. The first-order chi connectivity index (χ1) is 15.5. The standard InChI is InChI=1S/C25H28FN3O3/c1-17-11-13-28(14-12-17)21-9-7-20(8-10-21)27-23-22(18-3-5-19(26)6-4-18)24(30)29(25(23)31)15-16-32-2/h3-10,17,27H,11-16H2,1-2H3. The highest BCUT2D eigenvalue weighted by molar-refractivity contribution is 6.36. The normalized spacial score (nSPS) is 17.5. The molecular formula is C25H28FN3O3. The molecule has 0 spiro atoms. The van der Waals surface area contributed by atoms with Gasteiger partial charge in [-0.25, -0.2) is 4.39 Å². The van der Waals surface area contributed by atoms with E-state index in [1.807, 2.05) is 24.3 Å². The quantitative estimate of drug-likeness (QED) is 0.666. The van der Waals surface area contributed by atoms with E-state index < -0.39 is 17.6 Å². The highest BCUT2D eigenvalue weighted by Crippen LogP contribution is 2.31. The van der Waals surface area contributed by atoms with Crippen molar-refractivity contribution in [1.82, 2.24) is 4.90 Å². The topological polar surface area (TPSA) is 61.9 Å². The van der Waals surface area contributed by atoms with Gasteiger partial charge in [-0.05, 0) is 60.7 Å². The number of imide groups is 1. The lowest BCUT2D eigenvalue weighted by molar-refractivity contribution is -0.137. The third-order valence-corrected chi connectivity index (χ3v) is 6.11. The Morgan fingerprint density at radius 2 is 1.66 bits per heavy atom. The first-order valence-corrected chi connectivity index (χ1v) is 11.0. The van der Waals surface area contributed by atoms with Gasteiger partial charge >= 0.3 is 0 Å². The van der Waals surface area contributed by atoms with Crippen molar-refractivity contribution < 1.29 is 18.7 Å². The van der Waals surface area contributed by atoms with Crippen LogP contribution in [0.2, 0.25) is 0 Å². The number of anilines is 2. The van der Waals surface area contributed by atoms with Crippen LogP contribution in [0.5, 0.6) is 0 Å². The van der Waals surface area contributed by atoms with Gasteiger partial charge in [0.15, 0.2) is 0 Å². The molecule has 2 heterocycles. The fourth-order valence-electron chi connectivity index (χ4n) is 4.13. The number of carbonyl (C=O) groups excluding carboxylic acids is 2. The second kappa shape index (κ2) is 9.53. The van der Waals surface area contributed by atoms with E-state index in [1.165, 1.54) is 44.2 Å². The lowest BCUT2D eigenvalue weighted by Gasteiger charge is -2.32. The molecular weight excluding hydrogens is 409 g/mol. The zero-order chi connectivity index (χ0) is 22.7. The molecule has 2 aliphatic rings. The Hall–Kier alpha value is -3.19. The van der Waals surface area contributed by atoms with Crippen LogP contribution in [-0.4, -0.2) is 50.1 Å². The minimum absolute atomic E-state index is 0.149. The van der Waals surface area contributed by atoms with Crippen molar-refractivity contribution in [3.63, 3.8) is 0 Å². The summed E-state index contributed by atoms with van der Waals surface area (Å²) in [5.41, 5.74) is 2.78. The molecule has 0 unspecified atom stereocenters. The zero-order valence-electron chi connectivity index (χ0n) is 18.4. The fraction of sp³-hybridized carbons (Fsp3) is 0.360. The Morgan fingerprint density at radius 1 is 1.00 bits per heavy atom. The van der Waals surface area contributed by atoms with E-state index >= 15 is 0 Å². The smallest absolute Gasteiger partial charge is 0.278 e. The largest absolute Gasteiger partial charge is 0.383 e. The highest BCUT2D eigenvalue weighted by Gasteiger charge is 2.39. The average molecular weight is 438 g/mol. The van der Waals surface area contributed by atoms with Crippen LogP contribution in [0.4, 0.5) is 15.8 Å². The van der Waals surface area contributed by atoms with E-state index in [0.29, 0.717) is 11.3 Å². The van der Waals surface area contributed by atoms with Crippen molar-refractivity contribution in [1.29, 1.82) is 0 Å². The number of carbonyl (C=O) groups is 2. The van der Waals surface area contributed by atoms with Crippen LogP contribution in [0.25, 0.3) is 5.57 Å². The van der Waals surface area contributed by atoms with Crippen LogP contribution in [0.3, 0.4) is 0 Å².